The second-order valence-corrected chi connectivity index (χ2v) is 6.62. The van der Waals surface area contributed by atoms with E-state index in [2.05, 4.69) is 37.2 Å². The summed E-state index contributed by atoms with van der Waals surface area (Å²) in [5.41, 5.74) is 10.1. The van der Waals surface area contributed by atoms with E-state index in [-0.39, 0.29) is 30.7 Å². The largest absolute Gasteiger partial charge is 0.354 e. The highest BCUT2D eigenvalue weighted by Crippen LogP contribution is 2.35. The van der Waals surface area contributed by atoms with Gasteiger partial charge < -0.3 is 10.1 Å². The lowest BCUT2D eigenvalue weighted by molar-refractivity contribution is 0.00324. The summed E-state index contributed by atoms with van der Waals surface area (Å²) in [7, 11) is 0. The van der Waals surface area contributed by atoms with E-state index in [0.29, 0.717) is 22.5 Å². The summed E-state index contributed by atoms with van der Waals surface area (Å²) in [6.07, 6.45) is 3.33. The molecule has 1 amide bonds. The van der Waals surface area contributed by atoms with Crippen LogP contribution in [-0.2, 0) is 4.74 Å². The molecule has 28 heavy (non-hydrogen) atoms. The number of ether oxygens (including phenoxy) is 1. The molecule has 1 aliphatic heterocycles. The van der Waals surface area contributed by atoms with Gasteiger partial charge in [0.1, 0.15) is 12.6 Å². The van der Waals surface area contributed by atoms with Crippen molar-refractivity contribution >= 4 is 22.9 Å². The molecule has 1 N–H and O–H groups in total. The van der Waals surface area contributed by atoms with Crippen molar-refractivity contribution in [1.82, 2.24) is 19.5 Å². The number of nitrogens with zero attached hydrogens (tertiary/aromatic N) is 7. The summed E-state index contributed by atoms with van der Waals surface area (Å²) in [5, 5.41) is 6.40. The number of azide groups is 1. The highest BCUT2D eigenvalue weighted by atomic mass is 16.5. The van der Waals surface area contributed by atoms with Crippen LogP contribution >= 0.6 is 0 Å². The second kappa shape index (κ2) is 7.63. The number of anilines is 1. The predicted octanol–water partition coefficient (Wildman–Crippen LogP) is 3.31. The van der Waals surface area contributed by atoms with Gasteiger partial charge in [-0.3, -0.25) is 9.36 Å². The molecule has 0 saturated carbocycles. The molecule has 2 aromatic heterocycles. The summed E-state index contributed by atoms with van der Waals surface area (Å²) in [6, 6.07) is 8.89. The zero-order valence-electron chi connectivity index (χ0n) is 15.1. The van der Waals surface area contributed by atoms with E-state index in [9.17, 15) is 4.79 Å². The van der Waals surface area contributed by atoms with Crippen LogP contribution in [0.1, 0.15) is 29.9 Å². The maximum absolute atomic E-state index is 12.4. The number of nitrogens with one attached hydrogen (secondary N) is 1. The first kappa shape index (κ1) is 17.9. The van der Waals surface area contributed by atoms with Gasteiger partial charge in [0, 0.05) is 10.5 Å². The Labute approximate surface area is 160 Å². The zero-order chi connectivity index (χ0) is 19.5. The van der Waals surface area contributed by atoms with E-state index in [1.165, 1.54) is 6.33 Å². The molecule has 3 atom stereocenters. The van der Waals surface area contributed by atoms with E-state index < -0.39 is 0 Å². The van der Waals surface area contributed by atoms with Gasteiger partial charge >= 0.3 is 0 Å². The van der Waals surface area contributed by atoms with Crippen molar-refractivity contribution in [2.45, 2.75) is 25.7 Å². The maximum Gasteiger partial charge on any atom is 0.256 e. The van der Waals surface area contributed by atoms with Crippen molar-refractivity contribution in [3.63, 3.8) is 0 Å². The van der Waals surface area contributed by atoms with Gasteiger partial charge in [-0.05, 0) is 30.0 Å². The Kier molecular flexibility index (Phi) is 4.88. The Morgan fingerprint density at radius 2 is 2.18 bits per heavy atom. The first-order valence-corrected chi connectivity index (χ1v) is 8.87. The predicted molar refractivity (Wildman–Crippen MR) is 101 cm³/mol. The first-order chi connectivity index (χ1) is 13.7. The summed E-state index contributed by atoms with van der Waals surface area (Å²) in [5.74, 6) is 0.302. The van der Waals surface area contributed by atoms with Crippen LogP contribution in [0.25, 0.3) is 21.6 Å². The number of carbonyl (C=O) groups excluding carboxylic acids is 1. The Morgan fingerprint density at radius 3 is 2.96 bits per heavy atom. The number of hydrogen-bond acceptors (Lipinski definition) is 6. The Bertz CT molecular complexity index is 1040. The summed E-state index contributed by atoms with van der Waals surface area (Å²) < 4.78 is 7.85. The van der Waals surface area contributed by atoms with Crippen LogP contribution in [0, 0.1) is 5.92 Å². The van der Waals surface area contributed by atoms with Gasteiger partial charge in [-0.15, -0.1) is 0 Å². The molecule has 1 aromatic carbocycles. The third kappa shape index (κ3) is 3.38. The molecular formula is C18H18N8O2. The maximum atomic E-state index is 12.4. The quantitative estimate of drug-likeness (QED) is 0.413. The number of carbonyl (C=O) groups is 1. The standard InChI is InChI=1S/C18H18N8O2/c1-11-7-14(28-13(11)8-23-25-19)26-10-22-15-16(20-9-21-17(15)26)24-18(27)12-5-3-2-4-6-12/h2-6,9-11,13-14H,7-8H2,1H3,(H,20,21,24,27)/t11-,13+,14+/m0/s1. The third-order valence-electron chi connectivity index (χ3n) is 4.80. The van der Waals surface area contributed by atoms with Gasteiger partial charge in [-0.25, -0.2) is 15.0 Å². The van der Waals surface area contributed by atoms with Crippen molar-refractivity contribution in [2.24, 2.45) is 11.0 Å². The fourth-order valence-electron chi connectivity index (χ4n) is 3.30. The van der Waals surface area contributed by atoms with Crippen LogP contribution in [0.3, 0.4) is 0 Å². The summed E-state index contributed by atoms with van der Waals surface area (Å²) in [4.78, 5) is 28.1. The molecule has 1 fully saturated rings. The summed E-state index contributed by atoms with van der Waals surface area (Å²) >= 11 is 0. The fourth-order valence-corrected chi connectivity index (χ4v) is 3.30. The molecule has 3 aromatic rings. The average molecular weight is 378 g/mol. The molecule has 1 aliphatic rings. The number of imidazole rings is 1. The number of fused-ring (bicyclic) bond motifs is 1. The smallest absolute Gasteiger partial charge is 0.256 e. The number of benzene rings is 1. The fraction of sp³-hybridized carbons (Fsp3) is 0.333. The van der Waals surface area contributed by atoms with Gasteiger partial charge in [0.25, 0.3) is 5.91 Å². The number of rotatable bonds is 5. The van der Waals surface area contributed by atoms with E-state index in [1.54, 1.807) is 30.6 Å². The van der Waals surface area contributed by atoms with Gasteiger partial charge in [0.2, 0.25) is 0 Å². The highest BCUT2D eigenvalue weighted by molar-refractivity contribution is 6.06. The Balaban J connectivity index is 1.59. The normalized spacial score (nSPS) is 21.4. The molecule has 3 heterocycles. The van der Waals surface area contributed by atoms with Crippen LogP contribution in [0.15, 0.2) is 48.1 Å². The molecule has 10 heteroatoms. The number of hydrogen-bond donors (Lipinski definition) is 1. The van der Waals surface area contributed by atoms with Crippen LogP contribution in [-0.4, -0.2) is 38.1 Å². The molecule has 1 saturated heterocycles. The first-order valence-electron chi connectivity index (χ1n) is 8.87. The van der Waals surface area contributed by atoms with E-state index in [4.69, 9.17) is 10.3 Å². The van der Waals surface area contributed by atoms with Crippen molar-refractivity contribution < 1.29 is 9.53 Å². The lowest BCUT2D eigenvalue weighted by atomic mass is 10.0. The average Bonchev–Trinajstić information content (AvgIpc) is 3.31. The molecule has 0 unspecified atom stereocenters. The molecular weight excluding hydrogens is 360 g/mol. The van der Waals surface area contributed by atoms with E-state index in [0.717, 1.165) is 6.42 Å². The van der Waals surface area contributed by atoms with Crippen molar-refractivity contribution in [3.8, 4) is 0 Å². The third-order valence-corrected chi connectivity index (χ3v) is 4.80. The minimum absolute atomic E-state index is 0.155. The molecule has 142 valence electrons. The topological polar surface area (TPSA) is 131 Å². The van der Waals surface area contributed by atoms with Gasteiger partial charge in [0.15, 0.2) is 17.0 Å². The Hall–Kier alpha value is -3.49. The Morgan fingerprint density at radius 1 is 1.36 bits per heavy atom. The van der Waals surface area contributed by atoms with Crippen LogP contribution in [0.4, 0.5) is 5.82 Å². The van der Waals surface area contributed by atoms with Crippen molar-refractivity contribution in [1.29, 1.82) is 0 Å². The van der Waals surface area contributed by atoms with Crippen molar-refractivity contribution in [3.05, 3.63) is 59.0 Å². The molecule has 0 spiro atoms. The van der Waals surface area contributed by atoms with E-state index in [1.807, 2.05) is 10.6 Å². The number of amides is 1. The van der Waals surface area contributed by atoms with Crippen LogP contribution < -0.4 is 5.32 Å². The van der Waals surface area contributed by atoms with Gasteiger partial charge in [0.05, 0.1) is 19.0 Å². The van der Waals surface area contributed by atoms with Gasteiger partial charge in [-0.2, -0.15) is 0 Å². The van der Waals surface area contributed by atoms with Crippen LogP contribution in [0.2, 0.25) is 0 Å². The zero-order valence-corrected chi connectivity index (χ0v) is 15.1. The van der Waals surface area contributed by atoms with Gasteiger partial charge in [-0.1, -0.05) is 30.2 Å². The van der Waals surface area contributed by atoms with Crippen molar-refractivity contribution in [2.75, 3.05) is 11.9 Å². The minimum atomic E-state index is -0.272. The monoisotopic (exact) mass is 378 g/mol. The summed E-state index contributed by atoms with van der Waals surface area (Å²) in [6.45, 7) is 2.34. The van der Waals surface area contributed by atoms with E-state index >= 15 is 0 Å². The molecule has 10 nitrogen and oxygen atoms in total. The SMILES string of the molecule is C[C@H]1C[C@H](n2cnc3c(NC(=O)c4ccccc4)ncnc32)O[C@@H]1CN=[N+]=[N-]. The molecule has 4 rings (SSSR count). The molecule has 0 radical (unpaired) electrons. The van der Waals surface area contributed by atoms with Crippen LogP contribution in [0.5, 0.6) is 0 Å². The lowest BCUT2D eigenvalue weighted by Gasteiger charge is -2.14. The second-order valence-electron chi connectivity index (χ2n) is 6.62. The molecule has 0 bridgehead atoms. The lowest BCUT2D eigenvalue weighted by Crippen LogP contribution is -2.17. The number of aromatic nitrogens is 4. The minimum Gasteiger partial charge on any atom is -0.354 e. The highest BCUT2D eigenvalue weighted by Gasteiger charge is 2.33. The molecule has 0 aliphatic carbocycles.